The molecule has 1 atom stereocenters. The van der Waals surface area contributed by atoms with E-state index in [9.17, 15) is 4.39 Å². The van der Waals surface area contributed by atoms with Gasteiger partial charge in [-0.2, -0.15) is 4.98 Å². The molecule has 19 heavy (non-hydrogen) atoms. The molecule has 0 aliphatic rings. The van der Waals surface area contributed by atoms with Crippen LogP contribution in [0.3, 0.4) is 0 Å². The van der Waals surface area contributed by atoms with Crippen LogP contribution in [-0.4, -0.2) is 23.1 Å². The highest BCUT2D eigenvalue weighted by Crippen LogP contribution is 2.20. The van der Waals surface area contributed by atoms with Gasteiger partial charge in [0.2, 0.25) is 5.95 Å². The maximum atomic E-state index is 13.8. The standard InChI is InChI=1S/C12H16FN5S/c1-8(6-9-4-3-5-19-9)18(2)11-10(13)7-15-12(16-11)17-14/h3-5,7-8H,6,14H2,1-2H3,(H,15,16,17). The lowest BCUT2D eigenvalue weighted by molar-refractivity contribution is 0.589. The van der Waals surface area contributed by atoms with Gasteiger partial charge in [-0.25, -0.2) is 15.2 Å². The predicted molar refractivity (Wildman–Crippen MR) is 75.7 cm³/mol. The molecule has 0 amide bonds. The minimum atomic E-state index is -0.459. The van der Waals surface area contributed by atoms with Crippen molar-refractivity contribution in [3.05, 3.63) is 34.4 Å². The molecule has 2 rings (SSSR count). The molecule has 0 aliphatic heterocycles. The molecular formula is C12H16FN5S. The molecule has 2 aromatic rings. The monoisotopic (exact) mass is 281 g/mol. The Bertz CT molecular complexity index is 531. The van der Waals surface area contributed by atoms with E-state index in [1.54, 1.807) is 16.2 Å². The van der Waals surface area contributed by atoms with E-state index >= 15 is 0 Å². The highest BCUT2D eigenvalue weighted by molar-refractivity contribution is 7.09. The SMILES string of the molecule is CC(Cc1cccs1)N(C)c1nc(NN)ncc1F. The Hall–Kier alpha value is -1.73. The van der Waals surface area contributed by atoms with E-state index < -0.39 is 5.82 Å². The molecule has 2 heterocycles. The Morgan fingerprint density at radius 1 is 1.58 bits per heavy atom. The van der Waals surface area contributed by atoms with Crippen molar-refractivity contribution in [2.24, 2.45) is 5.84 Å². The molecule has 0 saturated carbocycles. The maximum Gasteiger partial charge on any atom is 0.239 e. The largest absolute Gasteiger partial charge is 0.354 e. The number of hydrazine groups is 1. The van der Waals surface area contributed by atoms with Crippen molar-refractivity contribution in [3.63, 3.8) is 0 Å². The van der Waals surface area contributed by atoms with Crippen LogP contribution in [0.25, 0.3) is 0 Å². The summed E-state index contributed by atoms with van der Waals surface area (Å²) in [6.45, 7) is 2.02. The highest BCUT2D eigenvalue weighted by atomic mass is 32.1. The Morgan fingerprint density at radius 3 is 3.00 bits per heavy atom. The molecule has 2 aromatic heterocycles. The Balaban J connectivity index is 2.16. The number of thiophene rings is 1. The quantitative estimate of drug-likeness (QED) is 0.648. The number of hydrogen-bond donors (Lipinski definition) is 2. The van der Waals surface area contributed by atoms with Crippen LogP contribution in [-0.2, 0) is 6.42 Å². The van der Waals surface area contributed by atoms with Gasteiger partial charge in [-0.15, -0.1) is 11.3 Å². The lowest BCUT2D eigenvalue weighted by Gasteiger charge is -2.26. The average molecular weight is 281 g/mol. The second kappa shape index (κ2) is 5.94. The molecule has 7 heteroatoms. The van der Waals surface area contributed by atoms with Crippen molar-refractivity contribution in [2.75, 3.05) is 17.4 Å². The van der Waals surface area contributed by atoms with Gasteiger partial charge in [0.05, 0.1) is 6.20 Å². The second-order valence-corrected chi connectivity index (χ2v) is 5.29. The first kappa shape index (κ1) is 13.7. The number of nitrogens with one attached hydrogen (secondary N) is 1. The van der Waals surface area contributed by atoms with Gasteiger partial charge >= 0.3 is 0 Å². The molecule has 0 aromatic carbocycles. The zero-order valence-corrected chi connectivity index (χ0v) is 11.6. The molecule has 0 bridgehead atoms. The first-order chi connectivity index (χ1) is 9.11. The van der Waals surface area contributed by atoms with Crippen molar-refractivity contribution in [1.82, 2.24) is 9.97 Å². The van der Waals surface area contributed by atoms with E-state index in [2.05, 4.69) is 21.5 Å². The van der Waals surface area contributed by atoms with Crippen LogP contribution in [0.4, 0.5) is 16.2 Å². The maximum absolute atomic E-state index is 13.8. The molecule has 0 spiro atoms. The van der Waals surface area contributed by atoms with Crippen molar-refractivity contribution in [3.8, 4) is 0 Å². The number of rotatable bonds is 5. The number of likely N-dealkylation sites (N-methyl/N-ethyl adjacent to an activating group) is 1. The zero-order valence-electron chi connectivity index (χ0n) is 10.8. The van der Waals surface area contributed by atoms with Crippen LogP contribution in [0, 0.1) is 5.82 Å². The molecule has 3 N–H and O–H groups in total. The number of hydrogen-bond acceptors (Lipinski definition) is 6. The Labute approximate surface area is 115 Å². The molecule has 102 valence electrons. The van der Waals surface area contributed by atoms with Crippen molar-refractivity contribution >= 4 is 23.1 Å². The summed E-state index contributed by atoms with van der Waals surface area (Å²) in [7, 11) is 1.81. The van der Waals surface area contributed by atoms with E-state index in [-0.39, 0.29) is 17.8 Å². The zero-order chi connectivity index (χ0) is 13.8. The summed E-state index contributed by atoms with van der Waals surface area (Å²) >= 11 is 1.69. The van der Waals surface area contributed by atoms with Gasteiger partial charge in [-0.3, -0.25) is 5.43 Å². The fraction of sp³-hybridized carbons (Fsp3) is 0.333. The van der Waals surface area contributed by atoms with Gasteiger partial charge < -0.3 is 4.90 Å². The summed E-state index contributed by atoms with van der Waals surface area (Å²) in [5, 5.41) is 2.03. The fourth-order valence-corrected chi connectivity index (χ4v) is 2.57. The lowest BCUT2D eigenvalue weighted by atomic mass is 10.2. The van der Waals surface area contributed by atoms with Crippen LogP contribution in [0.1, 0.15) is 11.8 Å². The van der Waals surface area contributed by atoms with E-state index in [4.69, 9.17) is 5.84 Å². The first-order valence-electron chi connectivity index (χ1n) is 5.86. The van der Waals surface area contributed by atoms with Crippen LogP contribution < -0.4 is 16.2 Å². The van der Waals surface area contributed by atoms with Gasteiger partial charge in [-0.1, -0.05) is 6.07 Å². The molecule has 0 saturated heterocycles. The van der Waals surface area contributed by atoms with E-state index in [1.807, 2.05) is 25.4 Å². The number of anilines is 2. The van der Waals surface area contributed by atoms with E-state index in [0.29, 0.717) is 0 Å². The normalized spacial score (nSPS) is 12.2. The van der Waals surface area contributed by atoms with Gasteiger partial charge in [0.1, 0.15) is 0 Å². The third-order valence-electron chi connectivity index (χ3n) is 2.93. The van der Waals surface area contributed by atoms with Gasteiger partial charge in [0, 0.05) is 24.4 Å². The Kier molecular flexibility index (Phi) is 4.28. The number of nitrogens with zero attached hydrogens (tertiary/aromatic N) is 3. The third-order valence-corrected chi connectivity index (χ3v) is 3.83. The Morgan fingerprint density at radius 2 is 2.37 bits per heavy atom. The van der Waals surface area contributed by atoms with Gasteiger partial charge in [0.25, 0.3) is 0 Å². The van der Waals surface area contributed by atoms with Gasteiger partial charge in [0.15, 0.2) is 11.6 Å². The molecule has 0 aliphatic carbocycles. The van der Waals surface area contributed by atoms with Crippen molar-refractivity contribution in [1.29, 1.82) is 0 Å². The van der Waals surface area contributed by atoms with E-state index in [1.165, 1.54) is 4.88 Å². The second-order valence-electron chi connectivity index (χ2n) is 4.25. The summed E-state index contributed by atoms with van der Waals surface area (Å²) in [5.41, 5.74) is 2.32. The topological polar surface area (TPSA) is 67.1 Å². The highest BCUT2D eigenvalue weighted by Gasteiger charge is 2.17. The molecule has 0 radical (unpaired) electrons. The molecule has 5 nitrogen and oxygen atoms in total. The fourth-order valence-electron chi connectivity index (χ4n) is 1.74. The molecule has 1 unspecified atom stereocenters. The predicted octanol–water partition coefficient (Wildman–Crippen LogP) is 2.03. The number of nitrogen functional groups attached to an aromatic ring is 1. The van der Waals surface area contributed by atoms with Crippen LogP contribution >= 0.6 is 11.3 Å². The van der Waals surface area contributed by atoms with Crippen LogP contribution in [0.2, 0.25) is 0 Å². The van der Waals surface area contributed by atoms with Crippen molar-refractivity contribution in [2.45, 2.75) is 19.4 Å². The number of aromatic nitrogens is 2. The minimum absolute atomic E-state index is 0.119. The van der Waals surface area contributed by atoms with E-state index in [0.717, 1.165) is 12.6 Å². The van der Waals surface area contributed by atoms with Crippen LogP contribution in [0.15, 0.2) is 23.7 Å². The summed E-state index contributed by atoms with van der Waals surface area (Å²) in [5.74, 6) is 5.22. The summed E-state index contributed by atoms with van der Waals surface area (Å²) in [4.78, 5) is 10.8. The summed E-state index contributed by atoms with van der Waals surface area (Å²) in [6.07, 6.45) is 1.95. The first-order valence-corrected chi connectivity index (χ1v) is 6.74. The average Bonchev–Trinajstić information content (AvgIpc) is 2.91. The number of halogens is 1. The van der Waals surface area contributed by atoms with Crippen molar-refractivity contribution < 1.29 is 4.39 Å². The molecular weight excluding hydrogens is 265 g/mol. The lowest BCUT2D eigenvalue weighted by Crippen LogP contribution is -2.32. The minimum Gasteiger partial charge on any atom is -0.354 e. The molecule has 0 fully saturated rings. The smallest absolute Gasteiger partial charge is 0.239 e. The van der Waals surface area contributed by atoms with Crippen LogP contribution in [0.5, 0.6) is 0 Å². The summed E-state index contributed by atoms with van der Waals surface area (Å²) < 4.78 is 13.8. The summed E-state index contributed by atoms with van der Waals surface area (Å²) in [6, 6.07) is 4.20. The number of nitrogens with two attached hydrogens (primary N) is 1. The third kappa shape index (κ3) is 3.18. The van der Waals surface area contributed by atoms with Gasteiger partial charge in [-0.05, 0) is 18.4 Å².